The van der Waals surface area contributed by atoms with E-state index in [9.17, 15) is 24.6 Å². The highest BCUT2D eigenvalue weighted by Gasteiger charge is 2.43. The Morgan fingerprint density at radius 2 is 1.49 bits per heavy atom. The van der Waals surface area contributed by atoms with Crippen LogP contribution in [0.25, 0.3) is 0 Å². The summed E-state index contributed by atoms with van der Waals surface area (Å²) in [6.07, 6.45) is -1.84. The Balaban J connectivity index is 2.07. The number of carboxylic acids is 1. The van der Waals surface area contributed by atoms with Crippen LogP contribution in [0.2, 0.25) is 0 Å². The summed E-state index contributed by atoms with van der Waals surface area (Å²) in [5, 5.41) is 31.1. The summed E-state index contributed by atoms with van der Waals surface area (Å²) in [7, 11) is 4.14. The first-order valence-corrected chi connectivity index (χ1v) is 10.6. The van der Waals surface area contributed by atoms with E-state index in [4.69, 9.17) is 14.6 Å². The molecule has 0 saturated heterocycles. The van der Waals surface area contributed by atoms with Crippen molar-refractivity contribution in [2.75, 3.05) is 27.8 Å². The van der Waals surface area contributed by atoms with Gasteiger partial charge < -0.3 is 29.7 Å². The van der Waals surface area contributed by atoms with E-state index in [0.717, 1.165) is 14.7 Å². The van der Waals surface area contributed by atoms with Gasteiger partial charge in [0, 0.05) is 18.2 Å². The van der Waals surface area contributed by atoms with Crippen LogP contribution >= 0.6 is 0 Å². The maximum absolute atomic E-state index is 13.5. The van der Waals surface area contributed by atoms with E-state index in [2.05, 4.69) is 0 Å². The maximum Gasteiger partial charge on any atom is 0.329 e. The van der Waals surface area contributed by atoms with Crippen LogP contribution in [0.1, 0.15) is 11.1 Å². The highest BCUT2D eigenvalue weighted by molar-refractivity contribution is 5.98. The Labute approximate surface area is 202 Å². The lowest BCUT2D eigenvalue weighted by atomic mass is 10.1. The second-order valence-corrected chi connectivity index (χ2v) is 7.79. The third kappa shape index (κ3) is 5.30. The zero-order valence-electron chi connectivity index (χ0n) is 19.5. The molecule has 35 heavy (non-hydrogen) atoms. The van der Waals surface area contributed by atoms with Gasteiger partial charge in [-0.25, -0.2) is 4.79 Å². The number of ether oxygens (including phenoxy) is 2. The molecule has 1 heterocycles. The number of rotatable bonds is 9. The minimum Gasteiger partial charge on any atom is -0.496 e. The molecule has 0 bridgehead atoms. The Morgan fingerprint density at radius 1 is 0.971 bits per heavy atom. The number of benzene rings is 2. The quantitative estimate of drug-likeness (QED) is 0.488. The number of para-hydroxylation sites is 2. The summed E-state index contributed by atoms with van der Waals surface area (Å²) in [6.45, 7) is -1.00. The molecule has 3 N–H and O–H groups in total. The molecular weight excluding hydrogens is 458 g/mol. The molecule has 1 aliphatic heterocycles. The van der Waals surface area contributed by atoms with Gasteiger partial charge in [0.2, 0.25) is 5.88 Å². The minimum atomic E-state index is -1.84. The maximum atomic E-state index is 13.5. The molecular formula is C24H27N3O8. The van der Waals surface area contributed by atoms with Crippen LogP contribution in [0, 0.1) is 0 Å². The molecule has 1 aliphatic rings. The van der Waals surface area contributed by atoms with Gasteiger partial charge >= 0.3 is 12.0 Å². The Kier molecular flexibility index (Phi) is 7.82. The number of amides is 3. The average Bonchev–Trinajstić information content (AvgIpc) is 2.84. The molecule has 0 spiro atoms. The first-order valence-electron chi connectivity index (χ1n) is 10.6. The van der Waals surface area contributed by atoms with Crippen LogP contribution in [0.4, 0.5) is 4.79 Å². The van der Waals surface area contributed by atoms with Gasteiger partial charge in [0.1, 0.15) is 23.6 Å². The number of carbonyl (C=O) groups excluding carboxylic acids is 2. The topological polar surface area (TPSA) is 140 Å². The second kappa shape index (κ2) is 10.8. The van der Waals surface area contributed by atoms with Gasteiger partial charge in [0.05, 0.1) is 27.3 Å². The van der Waals surface area contributed by atoms with Crippen LogP contribution < -0.4 is 9.47 Å². The molecule has 3 rings (SSSR count). The van der Waals surface area contributed by atoms with Crippen molar-refractivity contribution in [2.45, 2.75) is 19.3 Å². The molecule has 0 radical (unpaired) electrons. The van der Waals surface area contributed by atoms with Gasteiger partial charge in [0.25, 0.3) is 5.91 Å². The molecule has 11 heteroatoms. The zero-order chi connectivity index (χ0) is 25.7. The lowest BCUT2D eigenvalue weighted by Gasteiger charge is -2.40. The number of hydrogen-bond acceptors (Lipinski definition) is 7. The van der Waals surface area contributed by atoms with E-state index in [1.807, 2.05) is 0 Å². The van der Waals surface area contributed by atoms with Crippen LogP contribution in [0.3, 0.4) is 0 Å². The molecule has 3 amide bonds. The highest BCUT2D eigenvalue weighted by Crippen LogP contribution is 2.31. The number of aliphatic hydroxyl groups excluding tert-OH is 2. The van der Waals surface area contributed by atoms with E-state index in [1.54, 1.807) is 48.5 Å². The molecule has 11 nitrogen and oxygen atoms in total. The van der Waals surface area contributed by atoms with Gasteiger partial charge in [0.15, 0.2) is 6.23 Å². The molecule has 1 atom stereocenters. The lowest BCUT2D eigenvalue weighted by molar-refractivity contribution is -0.143. The average molecular weight is 485 g/mol. The highest BCUT2D eigenvalue weighted by atomic mass is 16.5. The minimum absolute atomic E-state index is 0.154. The van der Waals surface area contributed by atoms with Crippen molar-refractivity contribution < 1.29 is 39.2 Å². The van der Waals surface area contributed by atoms with Crippen LogP contribution in [0.5, 0.6) is 11.5 Å². The summed E-state index contributed by atoms with van der Waals surface area (Å²) in [6, 6.07) is 12.9. The standard InChI is InChI=1S/C24H27N3O8/c1-25(14-19(28)29)21(30)20-22(31)26(12-15-8-4-6-10-17(15)34-2)24(33)27(23(20)32)13-16-9-5-7-11-18(16)35-3/h4-11,22,31-32H,12-14H2,1-3H3,(H,28,29). The van der Waals surface area contributed by atoms with Gasteiger partial charge in [-0.05, 0) is 12.1 Å². The molecule has 0 saturated carbocycles. The van der Waals surface area contributed by atoms with Crippen LogP contribution in [-0.2, 0) is 22.7 Å². The van der Waals surface area contributed by atoms with E-state index >= 15 is 0 Å². The van der Waals surface area contributed by atoms with E-state index in [-0.39, 0.29) is 13.1 Å². The fourth-order valence-corrected chi connectivity index (χ4v) is 3.77. The van der Waals surface area contributed by atoms with Crippen molar-refractivity contribution in [3.63, 3.8) is 0 Å². The summed E-state index contributed by atoms with van der Waals surface area (Å²) in [5.41, 5.74) is 0.555. The third-order valence-electron chi connectivity index (χ3n) is 5.53. The Hall–Kier alpha value is -4.25. The van der Waals surface area contributed by atoms with Crippen LogP contribution in [-0.4, -0.2) is 82.0 Å². The Bertz CT molecular complexity index is 1150. The molecule has 0 aliphatic carbocycles. The summed E-state index contributed by atoms with van der Waals surface area (Å²) >= 11 is 0. The summed E-state index contributed by atoms with van der Waals surface area (Å²) in [4.78, 5) is 40.4. The van der Waals surface area contributed by atoms with E-state index in [1.165, 1.54) is 21.3 Å². The van der Waals surface area contributed by atoms with Gasteiger partial charge in [-0.1, -0.05) is 36.4 Å². The first-order chi connectivity index (χ1) is 16.7. The monoisotopic (exact) mass is 485 g/mol. The van der Waals surface area contributed by atoms with Gasteiger partial charge in [-0.15, -0.1) is 0 Å². The number of methoxy groups -OCH3 is 2. The predicted molar refractivity (Wildman–Crippen MR) is 123 cm³/mol. The Morgan fingerprint density at radius 3 is 2.00 bits per heavy atom. The molecule has 2 aromatic carbocycles. The number of aliphatic carboxylic acids is 1. The number of carboxylic acid groups (broad SMARTS) is 1. The van der Waals surface area contributed by atoms with E-state index in [0.29, 0.717) is 22.6 Å². The largest absolute Gasteiger partial charge is 0.496 e. The van der Waals surface area contributed by atoms with E-state index < -0.39 is 42.1 Å². The SMILES string of the molecule is COc1ccccc1CN1C(=O)N(Cc2ccccc2OC)C(O)C(C(=O)N(C)CC(=O)O)=C1O. The fraction of sp³-hybridized carbons (Fsp3) is 0.292. The fourth-order valence-electron chi connectivity index (χ4n) is 3.77. The normalized spacial score (nSPS) is 15.8. The molecule has 0 aromatic heterocycles. The molecule has 186 valence electrons. The number of nitrogens with zero attached hydrogens (tertiary/aromatic N) is 3. The van der Waals surface area contributed by atoms with Gasteiger partial charge in [-0.2, -0.15) is 0 Å². The van der Waals surface area contributed by atoms with Crippen molar-refractivity contribution in [2.24, 2.45) is 0 Å². The van der Waals surface area contributed by atoms with Crippen molar-refractivity contribution in [3.05, 3.63) is 71.1 Å². The van der Waals surface area contributed by atoms with Crippen molar-refractivity contribution in [1.29, 1.82) is 0 Å². The second-order valence-electron chi connectivity index (χ2n) is 7.79. The molecule has 0 fully saturated rings. The number of urea groups is 1. The number of aliphatic hydroxyl groups is 2. The number of hydrogen-bond donors (Lipinski definition) is 3. The van der Waals surface area contributed by atoms with Crippen LogP contribution in [0.15, 0.2) is 60.0 Å². The summed E-state index contributed by atoms with van der Waals surface area (Å²) < 4.78 is 10.7. The third-order valence-corrected chi connectivity index (χ3v) is 5.53. The number of carbonyl (C=O) groups is 3. The number of likely N-dealkylation sites (N-methyl/N-ethyl adjacent to an activating group) is 1. The summed E-state index contributed by atoms with van der Waals surface area (Å²) in [5.74, 6) is -2.09. The lowest BCUT2D eigenvalue weighted by Crippen LogP contribution is -2.55. The predicted octanol–water partition coefficient (Wildman–Crippen LogP) is 1.77. The van der Waals surface area contributed by atoms with Crippen molar-refractivity contribution in [1.82, 2.24) is 14.7 Å². The first kappa shape index (κ1) is 25.4. The molecule has 2 aromatic rings. The zero-order valence-corrected chi connectivity index (χ0v) is 19.5. The van der Waals surface area contributed by atoms with Crippen molar-refractivity contribution >= 4 is 17.9 Å². The molecule has 1 unspecified atom stereocenters. The smallest absolute Gasteiger partial charge is 0.329 e. The van der Waals surface area contributed by atoms with Gasteiger partial charge in [-0.3, -0.25) is 19.4 Å². The van der Waals surface area contributed by atoms with Crippen molar-refractivity contribution in [3.8, 4) is 11.5 Å².